The van der Waals surface area contributed by atoms with Crippen LogP contribution in [0.5, 0.6) is 0 Å². The summed E-state index contributed by atoms with van der Waals surface area (Å²) in [6, 6.07) is 6.45. The molecular weight excluding hydrogens is 343 g/mol. The monoisotopic (exact) mass is 351 g/mol. The quantitative estimate of drug-likeness (QED) is 0.834. The predicted octanol–water partition coefficient (Wildman–Crippen LogP) is 4.10. The second-order valence-electron chi connectivity index (χ2n) is 4.14. The van der Waals surface area contributed by atoms with Gasteiger partial charge in [0.1, 0.15) is 16.5 Å². The van der Waals surface area contributed by atoms with Crippen molar-refractivity contribution in [1.82, 2.24) is 0 Å². The lowest BCUT2D eigenvalue weighted by Gasteiger charge is -2.20. The summed E-state index contributed by atoms with van der Waals surface area (Å²) in [5, 5.41) is 0.187. The van der Waals surface area contributed by atoms with Crippen LogP contribution in [0.3, 0.4) is 0 Å². The Hall–Kier alpha value is -1.37. The fraction of sp³-hybridized carbons (Fsp3) is 0.0769. The highest BCUT2D eigenvalue weighted by Gasteiger charge is 2.26. The van der Waals surface area contributed by atoms with Gasteiger partial charge in [0.2, 0.25) is 0 Å². The molecular formula is C13H9Cl2F2NO2S. The first-order valence-corrected chi connectivity index (χ1v) is 7.82. The summed E-state index contributed by atoms with van der Waals surface area (Å²) < 4.78 is 52.2. The molecule has 0 spiro atoms. The van der Waals surface area contributed by atoms with Gasteiger partial charge in [-0.05, 0) is 30.3 Å². The molecule has 0 fully saturated rings. The number of benzene rings is 2. The largest absolute Gasteiger partial charge is 0.266 e. The molecule has 0 aliphatic heterocycles. The van der Waals surface area contributed by atoms with Gasteiger partial charge in [-0.25, -0.2) is 17.2 Å². The third-order valence-electron chi connectivity index (χ3n) is 2.78. The highest BCUT2D eigenvalue weighted by Crippen LogP contribution is 2.30. The highest BCUT2D eigenvalue weighted by atomic mass is 35.5. The molecule has 0 aliphatic rings. The van der Waals surface area contributed by atoms with E-state index in [1.807, 2.05) is 0 Å². The van der Waals surface area contributed by atoms with Gasteiger partial charge in [0.15, 0.2) is 0 Å². The van der Waals surface area contributed by atoms with Gasteiger partial charge in [0.25, 0.3) is 10.0 Å². The summed E-state index contributed by atoms with van der Waals surface area (Å²) in [6.07, 6.45) is 0. The van der Waals surface area contributed by atoms with E-state index in [9.17, 15) is 17.2 Å². The van der Waals surface area contributed by atoms with Crippen LogP contribution in [-0.4, -0.2) is 15.5 Å². The second kappa shape index (κ2) is 5.79. The van der Waals surface area contributed by atoms with Crippen molar-refractivity contribution in [3.8, 4) is 0 Å². The van der Waals surface area contributed by atoms with Gasteiger partial charge < -0.3 is 0 Å². The number of hydrogen-bond acceptors (Lipinski definition) is 2. The molecule has 0 bridgehead atoms. The molecule has 112 valence electrons. The minimum absolute atomic E-state index is 0.0862. The van der Waals surface area contributed by atoms with E-state index in [2.05, 4.69) is 0 Å². The van der Waals surface area contributed by atoms with Crippen LogP contribution in [0.2, 0.25) is 10.0 Å². The molecule has 21 heavy (non-hydrogen) atoms. The van der Waals surface area contributed by atoms with Crippen molar-refractivity contribution in [1.29, 1.82) is 0 Å². The van der Waals surface area contributed by atoms with Crippen molar-refractivity contribution in [2.24, 2.45) is 0 Å². The SMILES string of the molecule is CN(c1ccc(F)cc1F)S(=O)(=O)c1ccc(Cl)cc1Cl. The van der Waals surface area contributed by atoms with Crippen LogP contribution < -0.4 is 4.31 Å². The van der Waals surface area contributed by atoms with Crippen LogP contribution in [-0.2, 0) is 10.0 Å². The first kappa shape index (κ1) is 16.0. The first-order chi connectivity index (χ1) is 9.73. The van der Waals surface area contributed by atoms with Crippen molar-refractivity contribution in [2.45, 2.75) is 4.90 Å². The molecule has 0 heterocycles. The summed E-state index contributed by atoms with van der Waals surface area (Å²) in [4.78, 5) is -0.222. The molecule has 0 amide bonds. The fourth-order valence-corrected chi connectivity index (χ4v) is 3.65. The third kappa shape index (κ3) is 3.12. The Morgan fingerprint density at radius 2 is 1.71 bits per heavy atom. The molecule has 3 nitrogen and oxygen atoms in total. The molecule has 0 radical (unpaired) electrons. The average Bonchev–Trinajstić information content (AvgIpc) is 2.37. The third-order valence-corrected chi connectivity index (χ3v) is 5.27. The van der Waals surface area contributed by atoms with Gasteiger partial charge >= 0.3 is 0 Å². The van der Waals surface area contributed by atoms with E-state index in [0.717, 1.165) is 19.2 Å². The molecule has 0 unspecified atom stereocenters. The molecule has 0 saturated carbocycles. The lowest BCUT2D eigenvalue weighted by Crippen LogP contribution is -2.27. The van der Waals surface area contributed by atoms with Gasteiger partial charge in [0, 0.05) is 18.1 Å². The van der Waals surface area contributed by atoms with E-state index < -0.39 is 21.7 Å². The van der Waals surface area contributed by atoms with Gasteiger partial charge in [-0.15, -0.1) is 0 Å². The molecule has 0 saturated heterocycles. The number of anilines is 1. The number of sulfonamides is 1. The summed E-state index contributed by atoms with van der Waals surface area (Å²) in [7, 11) is -2.95. The maximum absolute atomic E-state index is 13.7. The molecule has 2 aromatic carbocycles. The highest BCUT2D eigenvalue weighted by molar-refractivity contribution is 7.93. The second-order valence-corrected chi connectivity index (χ2v) is 6.92. The topological polar surface area (TPSA) is 37.4 Å². The van der Waals surface area contributed by atoms with Crippen molar-refractivity contribution in [2.75, 3.05) is 11.4 Å². The van der Waals surface area contributed by atoms with Gasteiger partial charge in [-0.1, -0.05) is 23.2 Å². The molecule has 0 aliphatic carbocycles. The minimum Gasteiger partial charge on any atom is -0.266 e. The van der Waals surface area contributed by atoms with Crippen LogP contribution >= 0.6 is 23.2 Å². The maximum atomic E-state index is 13.7. The molecule has 0 N–H and O–H groups in total. The van der Waals surface area contributed by atoms with Crippen LogP contribution in [0, 0.1) is 11.6 Å². The Labute approximate surface area is 130 Å². The number of rotatable bonds is 3. The molecule has 2 aromatic rings. The Morgan fingerprint density at radius 1 is 1.05 bits per heavy atom. The van der Waals surface area contributed by atoms with E-state index in [0.29, 0.717) is 10.4 Å². The summed E-state index contributed by atoms with van der Waals surface area (Å²) in [6.45, 7) is 0. The zero-order valence-electron chi connectivity index (χ0n) is 10.6. The van der Waals surface area contributed by atoms with Crippen molar-refractivity contribution in [3.05, 3.63) is 58.1 Å². The van der Waals surface area contributed by atoms with E-state index in [4.69, 9.17) is 23.2 Å². The Kier molecular flexibility index (Phi) is 4.41. The van der Waals surface area contributed by atoms with Crippen molar-refractivity contribution in [3.63, 3.8) is 0 Å². The summed E-state index contributed by atoms with van der Waals surface area (Å²) in [5.41, 5.74) is -0.289. The van der Waals surface area contributed by atoms with Gasteiger partial charge in [-0.3, -0.25) is 4.31 Å². The average molecular weight is 352 g/mol. The maximum Gasteiger partial charge on any atom is 0.265 e. The van der Waals surface area contributed by atoms with E-state index in [-0.39, 0.29) is 20.6 Å². The number of halogens is 4. The number of hydrogen-bond donors (Lipinski definition) is 0. The fourth-order valence-electron chi connectivity index (χ4n) is 1.70. The minimum atomic E-state index is -4.09. The Morgan fingerprint density at radius 3 is 2.29 bits per heavy atom. The molecule has 2 rings (SSSR count). The van der Waals surface area contributed by atoms with E-state index in [1.54, 1.807) is 0 Å². The summed E-state index contributed by atoms with van der Waals surface area (Å²) in [5.74, 6) is -1.79. The standard InChI is InChI=1S/C13H9Cl2F2NO2S/c1-18(12-4-3-9(16)7-11(12)17)21(19,20)13-5-2-8(14)6-10(13)15/h2-7H,1H3. The lowest BCUT2D eigenvalue weighted by molar-refractivity contribution is 0.577. The number of nitrogens with zero attached hydrogens (tertiary/aromatic N) is 1. The Balaban J connectivity index is 2.52. The first-order valence-electron chi connectivity index (χ1n) is 5.62. The van der Waals surface area contributed by atoms with Crippen molar-refractivity contribution >= 4 is 38.9 Å². The van der Waals surface area contributed by atoms with Crippen molar-refractivity contribution < 1.29 is 17.2 Å². The zero-order valence-corrected chi connectivity index (χ0v) is 13.0. The smallest absolute Gasteiger partial charge is 0.265 e. The van der Waals surface area contributed by atoms with E-state index in [1.165, 1.54) is 18.2 Å². The Bertz CT molecular complexity index is 797. The van der Waals surface area contributed by atoms with Crippen LogP contribution in [0.4, 0.5) is 14.5 Å². The van der Waals surface area contributed by atoms with Gasteiger partial charge in [-0.2, -0.15) is 0 Å². The summed E-state index contributed by atoms with van der Waals surface area (Å²) >= 11 is 11.6. The molecule has 8 heteroatoms. The van der Waals surface area contributed by atoms with Crippen LogP contribution in [0.1, 0.15) is 0 Å². The molecule has 0 aromatic heterocycles. The zero-order chi connectivity index (χ0) is 15.8. The lowest BCUT2D eigenvalue weighted by atomic mass is 10.3. The normalized spacial score (nSPS) is 11.5. The van der Waals surface area contributed by atoms with Crippen LogP contribution in [0.15, 0.2) is 41.3 Å². The van der Waals surface area contributed by atoms with E-state index >= 15 is 0 Å². The van der Waals surface area contributed by atoms with Gasteiger partial charge in [0.05, 0.1) is 10.7 Å². The van der Waals surface area contributed by atoms with Crippen LogP contribution in [0.25, 0.3) is 0 Å². The predicted molar refractivity (Wildman–Crippen MR) is 78.4 cm³/mol. The molecule has 0 atom stereocenters.